The van der Waals surface area contributed by atoms with E-state index in [9.17, 15) is 9.59 Å². The van der Waals surface area contributed by atoms with Crippen molar-refractivity contribution >= 4 is 28.8 Å². The molecular weight excluding hydrogens is 338 g/mol. The van der Waals surface area contributed by atoms with Crippen LogP contribution in [0, 0.1) is 13.8 Å². The van der Waals surface area contributed by atoms with Crippen LogP contribution in [-0.4, -0.2) is 32.9 Å². The van der Waals surface area contributed by atoms with E-state index in [4.69, 9.17) is 0 Å². The van der Waals surface area contributed by atoms with Gasteiger partial charge in [-0.2, -0.15) is 0 Å². The Morgan fingerprint density at radius 3 is 2.52 bits per heavy atom. The van der Waals surface area contributed by atoms with Gasteiger partial charge in [-0.15, -0.1) is 11.3 Å². The van der Waals surface area contributed by atoms with Crippen molar-refractivity contribution < 1.29 is 9.59 Å². The third-order valence-electron chi connectivity index (χ3n) is 3.76. The Kier molecular flexibility index (Phi) is 4.90. The molecular formula is C17H17N5O2S. The molecule has 2 aromatic heterocycles. The molecule has 0 saturated carbocycles. The SMILES string of the molecule is Cc1ncn(-c2ccc(NC(=O)CNC(=O)c3cscn3)cc2)c1C. The maximum Gasteiger partial charge on any atom is 0.271 e. The van der Waals surface area contributed by atoms with Crippen LogP contribution < -0.4 is 10.6 Å². The molecule has 0 fully saturated rings. The Labute approximate surface area is 148 Å². The lowest BCUT2D eigenvalue weighted by molar-refractivity contribution is -0.115. The fourth-order valence-electron chi connectivity index (χ4n) is 2.25. The van der Waals surface area contributed by atoms with E-state index < -0.39 is 0 Å². The average molecular weight is 355 g/mol. The summed E-state index contributed by atoms with van der Waals surface area (Å²) in [5.74, 6) is -0.663. The van der Waals surface area contributed by atoms with E-state index in [1.54, 1.807) is 17.2 Å². The van der Waals surface area contributed by atoms with Crippen LogP contribution in [0.25, 0.3) is 5.69 Å². The van der Waals surface area contributed by atoms with Gasteiger partial charge in [-0.1, -0.05) is 0 Å². The van der Waals surface area contributed by atoms with Crippen LogP contribution >= 0.6 is 11.3 Å². The Morgan fingerprint density at radius 2 is 1.92 bits per heavy atom. The number of hydrogen-bond acceptors (Lipinski definition) is 5. The first kappa shape index (κ1) is 16.8. The number of imidazole rings is 1. The predicted octanol–water partition coefficient (Wildman–Crippen LogP) is 2.31. The number of nitrogens with zero attached hydrogens (tertiary/aromatic N) is 3. The van der Waals surface area contributed by atoms with Crippen LogP contribution in [-0.2, 0) is 4.79 Å². The zero-order chi connectivity index (χ0) is 17.8. The number of aryl methyl sites for hydroxylation is 1. The van der Waals surface area contributed by atoms with E-state index in [1.807, 2.05) is 42.7 Å². The Balaban J connectivity index is 1.57. The third kappa shape index (κ3) is 3.92. The number of hydrogen-bond donors (Lipinski definition) is 2. The summed E-state index contributed by atoms with van der Waals surface area (Å²) in [6.07, 6.45) is 1.77. The molecule has 0 aliphatic rings. The molecule has 1 aromatic carbocycles. The summed E-state index contributed by atoms with van der Waals surface area (Å²) in [6, 6.07) is 7.42. The molecule has 128 valence electrons. The Bertz CT molecular complexity index is 884. The maximum absolute atomic E-state index is 11.9. The van der Waals surface area contributed by atoms with E-state index in [1.165, 1.54) is 11.3 Å². The molecule has 2 amide bonds. The molecule has 25 heavy (non-hydrogen) atoms. The van der Waals surface area contributed by atoms with Crippen LogP contribution in [0.15, 0.2) is 41.5 Å². The Hall–Kier alpha value is -3.00. The highest BCUT2D eigenvalue weighted by molar-refractivity contribution is 7.07. The van der Waals surface area contributed by atoms with Gasteiger partial charge in [0.2, 0.25) is 5.91 Å². The van der Waals surface area contributed by atoms with Crippen LogP contribution in [0.4, 0.5) is 5.69 Å². The standard InChI is InChI=1S/C17H17N5O2S/c1-11-12(2)22(9-19-11)14-5-3-13(4-6-14)21-16(23)7-18-17(24)15-8-25-10-20-15/h3-6,8-10H,7H2,1-2H3,(H,18,24)(H,21,23). The minimum Gasteiger partial charge on any atom is -0.342 e. The Morgan fingerprint density at radius 1 is 1.16 bits per heavy atom. The number of nitrogens with one attached hydrogen (secondary N) is 2. The topological polar surface area (TPSA) is 88.9 Å². The molecule has 2 N–H and O–H groups in total. The van der Waals surface area contributed by atoms with Gasteiger partial charge >= 0.3 is 0 Å². The largest absolute Gasteiger partial charge is 0.342 e. The molecule has 0 bridgehead atoms. The summed E-state index contributed by atoms with van der Waals surface area (Å²) in [5.41, 5.74) is 5.56. The summed E-state index contributed by atoms with van der Waals surface area (Å²) >= 11 is 1.33. The van der Waals surface area contributed by atoms with Gasteiger partial charge in [-0.05, 0) is 38.1 Å². The second-order valence-corrected chi connectivity index (χ2v) is 6.16. The second kappa shape index (κ2) is 7.27. The highest BCUT2D eigenvalue weighted by Gasteiger charge is 2.10. The molecule has 3 rings (SSSR count). The van der Waals surface area contributed by atoms with E-state index >= 15 is 0 Å². The smallest absolute Gasteiger partial charge is 0.271 e. The van der Waals surface area contributed by atoms with Crippen LogP contribution in [0.5, 0.6) is 0 Å². The number of rotatable bonds is 5. The molecule has 0 unspecified atom stereocenters. The highest BCUT2D eigenvalue weighted by Crippen LogP contribution is 2.16. The van der Waals surface area contributed by atoms with Gasteiger partial charge in [-0.3, -0.25) is 9.59 Å². The average Bonchev–Trinajstić information content (AvgIpc) is 3.25. The monoisotopic (exact) mass is 355 g/mol. The zero-order valence-corrected chi connectivity index (χ0v) is 14.6. The number of aromatic nitrogens is 3. The van der Waals surface area contributed by atoms with Crippen LogP contribution in [0.3, 0.4) is 0 Å². The van der Waals surface area contributed by atoms with Gasteiger partial charge in [0, 0.05) is 22.4 Å². The van der Waals surface area contributed by atoms with Crippen molar-refractivity contribution in [2.24, 2.45) is 0 Å². The lowest BCUT2D eigenvalue weighted by Crippen LogP contribution is -2.33. The van der Waals surface area contributed by atoms with Crippen LogP contribution in [0.1, 0.15) is 21.9 Å². The first-order valence-corrected chi connectivity index (χ1v) is 8.56. The van der Waals surface area contributed by atoms with Crippen molar-refractivity contribution in [3.63, 3.8) is 0 Å². The first-order valence-electron chi connectivity index (χ1n) is 7.62. The number of carbonyl (C=O) groups excluding carboxylic acids is 2. The second-order valence-electron chi connectivity index (χ2n) is 5.44. The van der Waals surface area contributed by atoms with E-state index in [2.05, 4.69) is 20.6 Å². The first-order chi connectivity index (χ1) is 12.0. The number of amides is 2. The minimum atomic E-state index is -0.363. The molecule has 0 saturated heterocycles. The van der Waals surface area contributed by atoms with Gasteiger partial charge in [0.05, 0.1) is 24.1 Å². The van der Waals surface area contributed by atoms with Crippen molar-refractivity contribution in [1.82, 2.24) is 19.9 Å². The van der Waals surface area contributed by atoms with E-state index in [0.29, 0.717) is 11.4 Å². The van der Waals surface area contributed by atoms with Gasteiger partial charge < -0.3 is 15.2 Å². The molecule has 3 aromatic rings. The molecule has 0 spiro atoms. The molecule has 0 radical (unpaired) electrons. The fraction of sp³-hybridized carbons (Fsp3) is 0.176. The molecule has 0 aliphatic heterocycles. The lowest BCUT2D eigenvalue weighted by Gasteiger charge is -2.09. The highest BCUT2D eigenvalue weighted by atomic mass is 32.1. The maximum atomic E-state index is 11.9. The molecule has 2 heterocycles. The van der Waals surface area contributed by atoms with Crippen molar-refractivity contribution in [1.29, 1.82) is 0 Å². The van der Waals surface area contributed by atoms with E-state index in [-0.39, 0.29) is 18.4 Å². The molecule has 8 heteroatoms. The third-order valence-corrected chi connectivity index (χ3v) is 4.34. The number of thiazole rings is 1. The van der Waals surface area contributed by atoms with Crippen molar-refractivity contribution in [3.05, 3.63) is 58.6 Å². The van der Waals surface area contributed by atoms with Gasteiger partial charge in [0.25, 0.3) is 5.91 Å². The quantitative estimate of drug-likeness (QED) is 0.735. The molecule has 0 atom stereocenters. The van der Waals surface area contributed by atoms with Crippen LogP contribution in [0.2, 0.25) is 0 Å². The van der Waals surface area contributed by atoms with Crippen molar-refractivity contribution in [3.8, 4) is 5.69 Å². The van der Waals surface area contributed by atoms with Crippen molar-refractivity contribution in [2.45, 2.75) is 13.8 Å². The van der Waals surface area contributed by atoms with E-state index in [0.717, 1.165) is 17.1 Å². The number of anilines is 1. The van der Waals surface area contributed by atoms with Gasteiger partial charge in [0.15, 0.2) is 0 Å². The summed E-state index contributed by atoms with van der Waals surface area (Å²) in [5, 5.41) is 6.91. The van der Waals surface area contributed by atoms with Crippen molar-refractivity contribution in [2.75, 3.05) is 11.9 Å². The lowest BCUT2D eigenvalue weighted by atomic mass is 10.2. The summed E-state index contributed by atoms with van der Waals surface area (Å²) in [4.78, 5) is 31.8. The number of carbonyl (C=O) groups is 2. The zero-order valence-electron chi connectivity index (χ0n) is 13.8. The predicted molar refractivity (Wildman–Crippen MR) is 96.1 cm³/mol. The summed E-state index contributed by atoms with van der Waals surface area (Å²) in [7, 11) is 0. The molecule has 0 aliphatic carbocycles. The van der Waals surface area contributed by atoms with Gasteiger partial charge in [-0.25, -0.2) is 9.97 Å². The number of benzene rings is 1. The minimum absolute atomic E-state index is 0.113. The van der Waals surface area contributed by atoms with Gasteiger partial charge in [0.1, 0.15) is 5.69 Å². The summed E-state index contributed by atoms with van der Waals surface area (Å²) < 4.78 is 1.98. The normalized spacial score (nSPS) is 10.5. The molecule has 7 nitrogen and oxygen atoms in total. The summed E-state index contributed by atoms with van der Waals surface area (Å²) in [6.45, 7) is 3.85. The fourth-order valence-corrected chi connectivity index (χ4v) is 2.78.